The zero-order valence-electron chi connectivity index (χ0n) is 17.4. The van der Waals surface area contributed by atoms with Gasteiger partial charge in [0.1, 0.15) is 18.0 Å². The lowest BCUT2D eigenvalue weighted by Gasteiger charge is -2.19. The van der Waals surface area contributed by atoms with Crippen molar-refractivity contribution in [2.24, 2.45) is 12.8 Å². The molecule has 31 heavy (non-hydrogen) atoms. The Kier molecular flexibility index (Phi) is 6.74. The molecule has 0 aliphatic rings. The van der Waals surface area contributed by atoms with Crippen LogP contribution >= 0.6 is 11.3 Å². The number of anilines is 1. The molecule has 0 saturated carbocycles. The highest BCUT2D eigenvalue weighted by Crippen LogP contribution is 2.29. The Bertz CT molecular complexity index is 1090. The normalized spacial score (nSPS) is 13.0. The van der Waals surface area contributed by atoms with E-state index in [1.807, 2.05) is 32.3 Å². The fraction of sp³-hybridized carbons (Fsp3) is 0.286. The Morgan fingerprint density at radius 1 is 1.26 bits per heavy atom. The zero-order valence-corrected chi connectivity index (χ0v) is 18.2. The SMILES string of the molecule is Cc1cc(-c2csc(NC(=O)[C@@H](N)N[C@@H](Cc3ccc(O)cc3)C(=O)O)n2)c(C)n1C. The van der Waals surface area contributed by atoms with E-state index >= 15 is 0 Å². The van der Waals surface area contributed by atoms with Crippen molar-refractivity contribution in [3.8, 4) is 17.0 Å². The van der Waals surface area contributed by atoms with E-state index in [4.69, 9.17) is 5.73 Å². The Morgan fingerprint density at radius 3 is 2.52 bits per heavy atom. The number of phenolic OH excluding ortho intramolecular Hbond substituents is 1. The number of hydrogen-bond acceptors (Lipinski definition) is 7. The van der Waals surface area contributed by atoms with Crippen LogP contribution in [0.5, 0.6) is 5.75 Å². The zero-order chi connectivity index (χ0) is 22.7. The third-order valence-electron chi connectivity index (χ3n) is 5.12. The minimum Gasteiger partial charge on any atom is -0.508 e. The molecule has 10 heteroatoms. The number of benzene rings is 1. The third kappa shape index (κ3) is 5.29. The molecule has 0 spiro atoms. The molecule has 0 saturated heterocycles. The van der Waals surface area contributed by atoms with Crippen LogP contribution in [0.3, 0.4) is 0 Å². The van der Waals surface area contributed by atoms with Crippen molar-refractivity contribution in [1.82, 2.24) is 14.9 Å². The maximum atomic E-state index is 12.5. The summed E-state index contributed by atoms with van der Waals surface area (Å²) in [5, 5.41) is 26.3. The van der Waals surface area contributed by atoms with Crippen molar-refractivity contribution in [2.45, 2.75) is 32.5 Å². The number of nitrogens with one attached hydrogen (secondary N) is 2. The number of carbonyl (C=O) groups excluding carboxylic acids is 1. The Hall–Kier alpha value is -3.21. The van der Waals surface area contributed by atoms with Crippen molar-refractivity contribution < 1.29 is 19.8 Å². The second-order valence-electron chi connectivity index (χ2n) is 7.28. The molecule has 2 heterocycles. The first kappa shape index (κ1) is 22.5. The maximum Gasteiger partial charge on any atom is 0.321 e. The summed E-state index contributed by atoms with van der Waals surface area (Å²) in [7, 11) is 1.98. The van der Waals surface area contributed by atoms with Gasteiger partial charge >= 0.3 is 5.97 Å². The first-order valence-corrected chi connectivity index (χ1v) is 10.5. The number of nitrogens with two attached hydrogens (primary N) is 1. The van der Waals surface area contributed by atoms with E-state index in [9.17, 15) is 19.8 Å². The van der Waals surface area contributed by atoms with Gasteiger partial charge in [-0.1, -0.05) is 12.1 Å². The van der Waals surface area contributed by atoms with Crippen LogP contribution in [0, 0.1) is 13.8 Å². The molecule has 164 valence electrons. The van der Waals surface area contributed by atoms with Gasteiger partial charge in [0.05, 0.1) is 5.69 Å². The number of phenols is 1. The van der Waals surface area contributed by atoms with Gasteiger partial charge in [-0.3, -0.25) is 20.2 Å². The number of amides is 1. The topological polar surface area (TPSA) is 143 Å². The predicted octanol–water partition coefficient (Wildman–Crippen LogP) is 1.98. The smallest absolute Gasteiger partial charge is 0.321 e. The lowest BCUT2D eigenvalue weighted by molar-refractivity contribution is -0.139. The molecule has 1 aromatic carbocycles. The number of carboxylic acids is 1. The largest absolute Gasteiger partial charge is 0.508 e. The number of aromatic hydroxyl groups is 1. The number of aryl methyl sites for hydroxylation is 1. The average Bonchev–Trinajstić information content (AvgIpc) is 3.28. The van der Waals surface area contributed by atoms with E-state index in [1.54, 1.807) is 12.1 Å². The van der Waals surface area contributed by atoms with E-state index in [0.717, 1.165) is 22.6 Å². The van der Waals surface area contributed by atoms with Crippen LogP contribution in [0.15, 0.2) is 35.7 Å². The molecule has 1 amide bonds. The summed E-state index contributed by atoms with van der Waals surface area (Å²) in [6, 6.07) is 7.12. The quantitative estimate of drug-likeness (QED) is 0.335. The maximum absolute atomic E-state index is 12.5. The van der Waals surface area contributed by atoms with E-state index in [1.165, 1.54) is 23.5 Å². The number of aromatic nitrogens is 2. The minimum absolute atomic E-state index is 0.0864. The van der Waals surface area contributed by atoms with Gasteiger partial charge in [0, 0.05) is 29.4 Å². The fourth-order valence-electron chi connectivity index (χ4n) is 3.13. The van der Waals surface area contributed by atoms with Gasteiger partial charge in [-0.05, 0) is 44.0 Å². The number of nitrogens with zero attached hydrogens (tertiary/aromatic N) is 2. The van der Waals surface area contributed by atoms with Crippen LogP contribution in [0.1, 0.15) is 17.0 Å². The Labute approximate surface area is 183 Å². The number of aliphatic carboxylic acids is 1. The fourth-order valence-corrected chi connectivity index (χ4v) is 3.84. The summed E-state index contributed by atoms with van der Waals surface area (Å²) in [5.74, 6) is -1.63. The van der Waals surface area contributed by atoms with E-state index in [2.05, 4.69) is 20.2 Å². The number of hydrogen-bond donors (Lipinski definition) is 5. The van der Waals surface area contributed by atoms with Crippen LogP contribution in [0.4, 0.5) is 5.13 Å². The van der Waals surface area contributed by atoms with E-state index in [-0.39, 0.29) is 12.2 Å². The van der Waals surface area contributed by atoms with Gasteiger partial charge < -0.3 is 20.5 Å². The molecule has 9 nitrogen and oxygen atoms in total. The summed E-state index contributed by atoms with van der Waals surface area (Å²) >= 11 is 1.27. The van der Waals surface area contributed by atoms with Gasteiger partial charge in [-0.15, -0.1) is 11.3 Å². The molecular formula is C21H25N5O4S. The van der Waals surface area contributed by atoms with Crippen LogP contribution < -0.4 is 16.4 Å². The van der Waals surface area contributed by atoms with Crippen molar-refractivity contribution in [3.05, 3.63) is 52.7 Å². The standard InChI is InChI=1S/C21H25N5O4S/c1-11-8-15(12(2)26(11)3)17-10-31-21(24-17)25-19(28)18(22)23-16(20(29)30)9-13-4-6-14(27)7-5-13/h4-8,10,16,18,23,27H,9,22H2,1-3H3,(H,29,30)(H,24,25,28)/t16-,18-/m0/s1. The summed E-state index contributed by atoms with van der Waals surface area (Å²) in [6.07, 6.45) is -1.14. The highest BCUT2D eigenvalue weighted by molar-refractivity contribution is 7.14. The van der Waals surface area contributed by atoms with Crippen molar-refractivity contribution in [1.29, 1.82) is 0 Å². The Balaban J connectivity index is 1.64. The molecular weight excluding hydrogens is 418 g/mol. The molecule has 0 radical (unpaired) electrons. The van der Waals surface area contributed by atoms with Crippen molar-refractivity contribution in [2.75, 3.05) is 5.32 Å². The van der Waals surface area contributed by atoms with Crippen molar-refractivity contribution >= 4 is 28.3 Å². The third-order valence-corrected chi connectivity index (χ3v) is 5.88. The molecule has 0 aliphatic heterocycles. The molecule has 6 N–H and O–H groups in total. The molecule has 3 rings (SSSR count). The van der Waals surface area contributed by atoms with Crippen molar-refractivity contribution in [3.63, 3.8) is 0 Å². The molecule has 2 aromatic heterocycles. The molecule has 0 fully saturated rings. The number of carboxylic acid groups (broad SMARTS) is 1. The summed E-state index contributed by atoms with van der Waals surface area (Å²) in [4.78, 5) is 28.5. The number of carbonyl (C=O) groups is 2. The second-order valence-corrected chi connectivity index (χ2v) is 8.13. The van der Waals surface area contributed by atoms with Crippen LogP contribution in [0.25, 0.3) is 11.3 Å². The van der Waals surface area contributed by atoms with Crippen LogP contribution in [-0.2, 0) is 23.1 Å². The Morgan fingerprint density at radius 2 is 1.94 bits per heavy atom. The van der Waals surface area contributed by atoms with Gasteiger partial charge in [0.25, 0.3) is 5.91 Å². The van der Waals surface area contributed by atoms with Gasteiger partial charge in [0.2, 0.25) is 0 Å². The number of thiazole rings is 1. The molecule has 2 atom stereocenters. The molecule has 3 aromatic rings. The monoisotopic (exact) mass is 443 g/mol. The summed E-state index contributed by atoms with van der Waals surface area (Å²) in [5.41, 5.74) is 10.5. The first-order valence-electron chi connectivity index (χ1n) is 9.57. The summed E-state index contributed by atoms with van der Waals surface area (Å²) in [6.45, 7) is 4.01. The van der Waals surface area contributed by atoms with E-state index in [0.29, 0.717) is 10.7 Å². The lowest BCUT2D eigenvalue weighted by atomic mass is 10.1. The van der Waals surface area contributed by atoms with Crippen LogP contribution in [-0.4, -0.2) is 43.8 Å². The number of rotatable bonds is 8. The second kappa shape index (κ2) is 9.29. The van der Waals surface area contributed by atoms with Gasteiger partial charge in [-0.2, -0.15) is 0 Å². The predicted molar refractivity (Wildman–Crippen MR) is 119 cm³/mol. The molecule has 0 bridgehead atoms. The summed E-state index contributed by atoms with van der Waals surface area (Å²) < 4.78 is 2.06. The van der Waals surface area contributed by atoms with Gasteiger partial charge in [-0.25, -0.2) is 4.98 Å². The van der Waals surface area contributed by atoms with E-state index < -0.39 is 24.1 Å². The highest BCUT2D eigenvalue weighted by Gasteiger charge is 2.24. The average molecular weight is 444 g/mol. The first-order chi connectivity index (χ1) is 14.7. The van der Waals surface area contributed by atoms with Crippen LogP contribution in [0.2, 0.25) is 0 Å². The minimum atomic E-state index is -1.24. The highest BCUT2D eigenvalue weighted by atomic mass is 32.1. The van der Waals surface area contributed by atoms with Gasteiger partial charge in [0.15, 0.2) is 5.13 Å². The molecule has 0 aliphatic carbocycles. The lowest BCUT2D eigenvalue weighted by Crippen LogP contribution is -2.54. The molecule has 0 unspecified atom stereocenters.